The van der Waals surface area contributed by atoms with Crippen LogP contribution in [0.2, 0.25) is 0 Å². The molecule has 0 amide bonds. The van der Waals surface area contributed by atoms with E-state index in [0.717, 1.165) is 128 Å². The van der Waals surface area contributed by atoms with Crippen LogP contribution in [0.3, 0.4) is 0 Å². The van der Waals surface area contributed by atoms with Crippen LogP contribution < -0.4 is 0 Å². The molecule has 0 unspecified atom stereocenters. The molecule has 3 nitrogen and oxygen atoms in total. The topological polar surface area (TPSA) is 38.7 Å². The third kappa shape index (κ3) is 12.5. The Balaban J connectivity index is 1.23. The number of benzene rings is 8. The molecule has 0 aliphatic heterocycles. The van der Waals surface area contributed by atoms with E-state index in [1.807, 2.05) is 12.2 Å². The molecule has 3 heterocycles. The maximum atomic E-state index is 5.29. The lowest BCUT2D eigenvalue weighted by atomic mass is 9.79. The number of pyridine rings is 3. The minimum absolute atomic E-state index is 0.115. The minimum atomic E-state index is -0.146. The zero-order valence-corrected chi connectivity index (χ0v) is 51.8. The number of hydrogen-bond acceptors (Lipinski definition) is 3. The van der Waals surface area contributed by atoms with Crippen LogP contribution in [-0.2, 0) is 16.2 Å². The minimum Gasteiger partial charge on any atom is -0.256 e. The van der Waals surface area contributed by atoms with Gasteiger partial charge in [0.2, 0.25) is 0 Å². The largest absolute Gasteiger partial charge is 0.256 e. The molecule has 0 fully saturated rings. The van der Waals surface area contributed by atoms with Crippen LogP contribution in [0.5, 0.6) is 0 Å². The zero-order valence-electron chi connectivity index (χ0n) is 51.8. The molecule has 0 bridgehead atoms. The molecule has 0 atom stereocenters. The number of hydrogen-bond donors (Lipinski definition) is 0. The Morgan fingerprint density at radius 3 is 1.08 bits per heavy atom. The molecule has 8 aromatic carbocycles. The summed E-state index contributed by atoms with van der Waals surface area (Å²) in [5, 5.41) is 0. The third-order valence-electron chi connectivity index (χ3n) is 16.6. The summed E-state index contributed by atoms with van der Waals surface area (Å²) in [7, 11) is 0. The number of rotatable bonds is 13. The fraction of sp³-hybridized carbons (Fsp3) is 0.169. The molecule has 0 aliphatic rings. The van der Waals surface area contributed by atoms with E-state index in [1.165, 1.54) is 16.7 Å². The predicted molar refractivity (Wildman–Crippen MR) is 368 cm³/mol. The fourth-order valence-electron chi connectivity index (χ4n) is 11.6. The van der Waals surface area contributed by atoms with Gasteiger partial charge in [-0.1, -0.05) is 251 Å². The van der Waals surface area contributed by atoms with Gasteiger partial charge in [0, 0.05) is 46.4 Å². The first-order valence-electron chi connectivity index (χ1n) is 30.1. The first kappa shape index (κ1) is 58.2. The van der Waals surface area contributed by atoms with Gasteiger partial charge in [0.05, 0.1) is 17.1 Å². The molecule has 11 rings (SSSR count). The molecule has 0 radical (unpaired) electrons. The maximum absolute atomic E-state index is 5.29. The molecule has 11 aromatic rings. The second-order valence-corrected chi connectivity index (χ2v) is 25.9. The lowest BCUT2D eigenvalue weighted by molar-refractivity contribution is 0.590. The van der Waals surface area contributed by atoms with Gasteiger partial charge in [0.15, 0.2) is 0 Å². The second-order valence-electron chi connectivity index (χ2n) is 25.9. The summed E-state index contributed by atoms with van der Waals surface area (Å²) in [5.74, 6) is 0. The molecular weight excluding hydrogens is 1040 g/mol. The number of nitrogens with zero attached hydrogens (tertiary/aromatic N) is 3. The van der Waals surface area contributed by atoms with Gasteiger partial charge in [0.1, 0.15) is 0 Å². The Labute approximate surface area is 511 Å². The molecule has 0 N–H and O–H groups in total. The Kier molecular flexibility index (Phi) is 16.4. The maximum Gasteiger partial charge on any atom is 0.0708 e. The molecule has 424 valence electrons. The summed E-state index contributed by atoms with van der Waals surface area (Å²) in [6, 6.07) is 77.9. The van der Waals surface area contributed by atoms with Crippen molar-refractivity contribution in [2.45, 2.75) is 92.4 Å². The Hall–Kier alpha value is -9.57. The highest BCUT2D eigenvalue weighted by Crippen LogP contribution is 2.48. The van der Waals surface area contributed by atoms with Crippen molar-refractivity contribution < 1.29 is 0 Å². The molecule has 0 spiro atoms. The average Bonchev–Trinajstić information content (AvgIpc) is 1.18. The van der Waals surface area contributed by atoms with E-state index in [0.29, 0.717) is 0 Å². The lowest BCUT2D eigenvalue weighted by Gasteiger charge is -2.25. The molecule has 86 heavy (non-hydrogen) atoms. The van der Waals surface area contributed by atoms with Crippen molar-refractivity contribution in [2.24, 2.45) is 0 Å². The smallest absolute Gasteiger partial charge is 0.0708 e. The lowest BCUT2D eigenvalue weighted by Crippen LogP contribution is -2.11. The Bertz CT molecular complexity index is 4330. The van der Waals surface area contributed by atoms with E-state index in [4.69, 9.17) is 15.0 Å². The summed E-state index contributed by atoms with van der Waals surface area (Å²) in [6.45, 7) is 29.0. The highest BCUT2D eigenvalue weighted by molar-refractivity contribution is 5.99. The van der Waals surface area contributed by atoms with Crippen molar-refractivity contribution in [1.82, 2.24) is 15.0 Å². The SMILES string of the molecule is C=C/C=C\C=C(/C)c1cc(-c2ccccc2)c(-c2cc(C(C)(C)C)ccc2-c2cc(-c3ccc(C(C)(C)C)cc3-c3cnc(-c4ccccc4)cc3C)cc(-c3ccc(C(C)(C)C)cc3-c3cnc(-c4ccccc4)cc3-c3ccccc3)c2)cn1. The first-order chi connectivity index (χ1) is 41.3. The van der Waals surface area contributed by atoms with Gasteiger partial charge in [-0.2, -0.15) is 0 Å². The van der Waals surface area contributed by atoms with Crippen LogP contribution in [-0.4, -0.2) is 15.0 Å². The molecule has 0 saturated carbocycles. The van der Waals surface area contributed by atoms with Gasteiger partial charge < -0.3 is 0 Å². The standard InChI is InChI=1S/C83H77N3/c1-13-14-19-28-55(2)78-50-70(57-29-20-15-21-30-57)76(53-84-78)73-48-65(82(7,8)9)38-41-68(73)62-44-61(67-40-37-64(81(4,5)6)47-72(67)75-52-85-79(43-56(75)3)59-33-24-17-25-34-59)45-63(46-62)69-42-39-66(83(10,11)12)49-74(69)77-54-86-80(60-35-26-18-27-36-60)51-71(77)58-31-22-16-23-32-58/h13-54H,1H2,2-12H3/b19-14-,55-28+. The summed E-state index contributed by atoms with van der Waals surface area (Å²) >= 11 is 0. The molecular formula is C83H77N3. The van der Waals surface area contributed by atoms with E-state index in [1.54, 1.807) is 6.08 Å². The van der Waals surface area contributed by atoms with Crippen molar-refractivity contribution in [2.75, 3.05) is 0 Å². The molecule has 3 heteroatoms. The van der Waals surface area contributed by atoms with Crippen molar-refractivity contribution in [1.29, 1.82) is 0 Å². The third-order valence-corrected chi connectivity index (χ3v) is 16.6. The summed E-state index contributed by atoms with van der Waals surface area (Å²) < 4.78 is 0. The van der Waals surface area contributed by atoms with Crippen molar-refractivity contribution in [3.63, 3.8) is 0 Å². The van der Waals surface area contributed by atoms with E-state index in [2.05, 4.69) is 320 Å². The normalized spacial score (nSPS) is 12.2. The van der Waals surface area contributed by atoms with Crippen LogP contribution in [0.1, 0.15) is 97.2 Å². The molecule has 0 saturated heterocycles. The van der Waals surface area contributed by atoms with Gasteiger partial charge in [-0.05, 0) is 185 Å². The highest BCUT2D eigenvalue weighted by atomic mass is 14.7. The van der Waals surface area contributed by atoms with Gasteiger partial charge in [0.25, 0.3) is 0 Å². The number of aryl methyl sites for hydroxylation is 1. The summed E-state index contributed by atoms with van der Waals surface area (Å²) in [6.07, 6.45) is 14.2. The zero-order chi connectivity index (χ0) is 60.3. The van der Waals surface area contributed by atoms with Gasteiger partial charge in [-0.25, -0.2) is 0 Å². The van der Waals surface area contributed by atoms with Crippen LogP contribution in [0.4, 0.5) is 0 Å². The first-order valence-corrected chi connectivity index (χ1v) is 30.1. The molecule has 0 aliphatic carbocycles. The number of allylic oxidation sites excluding steroid dienone is 5. The van der Waals surface area contributed by atoms with E-state index in [-0.39, 0.29) is 16.2 Å². The second kappa shape index (κ2) is 24.2. The summed E-state index contributed by atoms with van der Waals surface area (Å²) in [4.78, 5) is 15.8. The Morgan fingerprint density at radius 1 is 0.326 bits per heavy atom. The van der Waals surface area contributed by atoms with Crippen molar-refractivity contribution in [3.8, 4) is 112 Å². The van der Waals surface area contributed by atoms with Gasteiger partial charge in [-0.15, -0.1) is 0 Å². The van der Waals surface area contributed by atoms with E-state index < -0.39 is 0 Å². The van der Waals surface area contributed by atoms with E-state index >= 15 is 0 Å². The van der Waals surface area contributed by atoms with Crippen molar-refractivity contribution in [3.05, 3.63) is 290 Å². The van der Waals surface area contributed by atoms with Crippen LogP contribution in [0, 0.1) is 6.92 Å². The van der Waals surface area contributed by atoms with Crippen molar-refractivity contribution >= 4 is 5.57 Å². The van der Waals surface area contributed by atoms with Gasteiger partial charge in [-0.3, -0.25) is 15.0 Å². The van der Waals surface area contributed by atoms with E-state index in [9.17, 15) is 0 Å². The predicted octanol–water partition coefficient (Wildman–Crippen LogP) is 22.9. The van der Waals surface area contributed by atoms with Gasteiger partial charge >= 0.3 is 0 Å². The average molecular weight is 1120 g/mol. The Morgan fingerprint density at radius 2 is 0.686 bits per heavy atom. The molecule has 3 aromatic heterocycles. The van der Waals surface area contributed by atoms with Crippen LogP contribution in [0.25, 0.3) is 117 Å². The monoisotopic (exact) mass is 1120 g/mol. The summed E-state index contributed by atoms with van der Waals surface area (Å²) in [5.41, 5.74) is 28.2. The fourth-order valence-corrected chi connectivity index (χ4v) is 11.6. The highest BCUT2D eigenvalue weighted by Gasteiger charge is 2.26. The number of aromatic nitrogens is 3. The van der Waals surface area contributed by atoms with Crippen LogP contribution >= 0.6 is 0 Å². The van der Waals surface area contributed by atoms with Crippen LogP contribution in [0.15, 0.2) is 262 Å². The quantitative estimate of drug-likeness (QED) is 0.108.